The number of nitrogens with one attached hydrogen (secondary N) is 1. The lowest BCUT2D eigenvalue weighted by Gasteiger charge is -2.20. The molecule has 0 spiro atoms. The first-order chi connectivity index (χ1) is 6.74. The molecule has 0 aromatic carbocycles. The van der Waals surface area contributed by atoms with Crippen LogP contribution in [0.2, 0.25) is 0 Å². The van der Waals surface area contributed by atoms with Gasteiger partial charge in [0.25, 0.3) is 0 Å². The topological polar surface area (TPSA) is 21.3 Å². The molecule has 2 atom stereocenters. The molecule has 0 amide bonds. The molecular weight excluding hydrogens is 174 g/mol. The summed E-state index contributed by atoms with van der Waals surface area (Å²) in [5.41, 5.74) is 0. The maximum absolute atomic E-state index is 5.26. The van der Waals surface area contributed by atoms with Gasteiger partial charge in [0, 0.05) is 19.6 Å². The number of rotatable bonds is 7. The van der Waals surface area contributed by atoms with Crippen molar-refractivity contribution in [1.29, 1.82) is 0 Å². The summed E-state index contributed by atoms with van der Waals surface area (Å²) in [5.74, 6) is 6.02. The van der Waals surface area contributed by atoms with Crippen LogP contribution in [0.1, 0.15) is 40.0 Å². The third-order valence-corrected chi connectivity index (χ3v) is 2.31. The Bertz CT molecular complexity index is 180. The summed E-state index contributed by atoms with van der Waals surface area (Å²) in [7, 11) is 1.76. The fourth-order valence-corrected chi connectivity index (χ4v) is 1.46. The quantitative estimate of drug-likeness (QED) is 0.632. The predicted molar refractivity (Wildman–Crippen MR) is 61.2 cm³/mol. The van der Waals surface area contributed by atoms with Crippen molar-refractivity contribution in [3.63, 3.8) is 0 Å². The van der Waals surface area contributed by atoms with E-state index < -0.39 is 0 Å². The van der Waals surface area contributed by atoms with Crippen LogP contribution in [0.4, 0.5) is 0 Å². The van der Waals surface area contributed by atoms with Crippen LogP contribution in [-0.2, 0) is 4.74 Å². The summed E-state index contributed by atoms with van der Waals surface area (Å²) in [6, 6.07) is 0.538. The zero-order valence-electron chi connectivity index (χ0n) is 9.89. The standard InChI is InChI=1S/C12H23NO/c1-5-7-8-9-12(13-6-2)10-11(3)14-4/h11-13H,6,8-10H2,1-4H3. The molecule has 0 aliphatic carbocycles. The van der Waals surface area contributed by atoms with Crippen LogP contribution in [0.5, 0.6) is 0 Å². The molecule has 2 nitrogen and oxygen atoms in total. The molecule has 1 N–H and O–H groups in total. The van der Waals surface area contributed by atoms with Crippen LogP contribution in [0.15, 0.2) is 0 Å². The monoisotopic (exact) mass is 197 g/mol. The van der Waals surface area contributed by atoms with E-state index in [4.69, 9.17) is 4.74 Å². The molecule has 0 fully saturated rings. The maximum Gasteiger partial charge on any atom is 0.0558 e. The molecule has 0 aromatic rings. The summed E-state index contributed by atoms with van der Waals surface area (Å²) < 4.78 is 5.26. The van der Waals surface area contributed by atoms with Crippen LogP contribution < -0.4 is 5.32 Å². The molecule has 82 valence electrons. The Kier molecular flexibility index (Phi) is 8.72. The van der Waals surface area contributed by atoms with Crippen molar-refractivity contribution in [1.82, 2.24) is 5.32 Å². The summed E-state index contributed by atoms with van der Waals surface area (Å²) >= 11 is 0. The van der Waals surface area contributed by atoms with E-state index in [1.807, 2.05) is 6.92 Å². The van der Waals surface area contributed by atoms with Crippen LogP contribution in [-0.4, -0.2) is 25.8 Å². The molecule has 0 rings (SSSR count). The van der Waals surface area contributed by atoms with Gasteiger partial charge in [0.15, 0.2) is 0 Å². The molecule has 14 heavy (non-hydrogen) atoms. The number of hydrogen-bond donors (Lipinski definition) is 1. The summed E-state index contributed by atoms with van der Waals surface area (Å²) in [6.07, 6.45) is 3.48. The van der Waals surface area contributed by atoms with E-state index in [-0.39, 0.29) is 0 Å². The molecule has 0 heterocycles. The zero-order valence-corrected chi connectivity index (χ0v) is 9.89. The molecule has 0 saturated heterocycles. The van der Waals surface area contributed by atoms with Gasteiger partial charge < -0.3 is 10.1 Å². The Morgan fingerprint density at radius 1 is 1.43 bits per heavy atom. The second-order valence-electron chi connectivity index (χ2n) is 3.50. The lowest BCUT2D eigenvalue weighted by atomic mass is 10.0. The summed E-state index contributed by atoms with van der Waals surface area (Å²) in [6.45, 7) is 7.15. The number of methoxy groups -OCH3 is 1. The average Bonchev–Trinajstić information content (AvgIpc) is 2.18. The number of ether oxygens (including phenoxy) is 1. The van der Waals surface area contributed by atoms with E-state index in [2.05, 4.69) is 31.0 Å². The molecular formula is C12H23NO. The van der Waals surface area contributed by atoms with Crippen LogP contribution in [0.25, 0.3) is 0 Å². The molecule has 0 aromatic heterocycles. The van der Waals surface area contributed by atoms with Gasteiger partial charge in [-0.3, -0.25) is 0 Å². The lowest BCUT2D eigenvalue weighted by Crippen LogP contribution is -2.32. The Hall–Kier alpha value is -0.520. The van der Waals surface area contributed by atoms with E-state index in [9.17, 15) is 0 Å². The van der Waals surface area contributed by atoms with Crippen LogP contribution in [0, 0.1) is 11.8 Å². The predicted octanol–water partition coefficient (Wildman–Crippen LogP) is 2.19. The molecule has 0 radical (unpaired) electrons. The van der Waals surface area contributed by atoms with Crippen molar-refractivity contribution in [3.05, 3.63) is 0 Å². The van der Waals surface area contributed by atoms with E-state index in [1.54, 1.807) is 7.11 Å². The average molecular weight is 197 g/mol. The van der Waals surface area contributed by atoms with E-state index in [1.165, 1.54) is 0 Å². The molecule has 0 saturated carbocycles. The van der Waals surface area contributed by atoms with E-state index in [0.717, 1.165) is 25.8 Å². The fraction of sp³-hybridized carbons (Fsp3) is 0.833. The van der Waals surface area contributed by atoms with Crippen LogP contribution in [0.3, 0.4) is 0 Å². The van der Waals surface area contributed by atoms with Gasteiger partial charge in [0.05, 0.1) is 6.10 Å². The summed E-state index contributed by atoms with van der Waals surface area (Å²) in [5, 5.41) is 3.46. The Morgan fingerprint density at radius 3 is 2.64 bits per heavy atom. The van der Waals surface area contributed by atoms with E-state index in [0.29, 0.717) is 12.1 Å². The van der Waals surface area contributed by atoms with Gasteiger partial charge >= 0.3 is 0 Å². The van der Waals surface area contributed by atoms with Gasteiger partial charge in [-0.05, 0) is 33.2 Å². The largest absolute Gasteiger partial charge is 0.382 e. The molecule has 2 unspecified atom stereocenters. The van der Waals surface area contributed by atoms with Gasteiger partial charge in [-0.15, -0.1) is 11.8 Å². The highest BCUT2D eigenvalue weighted by Gasteiger charge is 2.10. The minimum Gasteiger partial charge on any atom is -0.382 e. The molecule has 0 bridgehead atoms. The molecule has 0 aliphatic heterocycles. The first-order valence-electron chi connectivity index (χ1n) is 5.40. The fourth-order valence-electron chi connectivity index (χ4n) is 1.46. The van der Waals surface area contributed by atoms with Crippen LogP contribution >= 0.6 is 0 Å². The minimum absolute atomic E-state index is 0.327. The third kappa shape index (κ3) is 6.94. The van der Waals surface area contributed by atoms with Gasteiger partial charge in [0.2, 0.25) is 0 Å². The zero-order chi connectivity index (χ0) is 10.8. The van der Waals surface area contributed by atoms with Crippen molar-refractivity contribution >= 4 is 0 Å². The van der Waals surface area contributed by atoms with Crippen molar-refractivity contribution in [2.75, 3.05) is 13.7 Å². The normalized spacial score (nSPS) is 14.3. The highest BCUT2D eigenvalue weighted by molar-refractivity contribution is 4.95. The highest BCUT2D eigenvalue weighted by Crippen LogP contribution is 2.06. The Labute approximate surface area is 88.4 Å². The smallest absolute Gasteiger partial charge is 0.0558 e. The van der Waals surface area contributed by atoms with Crippen molar-refractivity contribution in [3.8, 4) is 11.8 Å². The van der Waals surface area contributed by atoms with Crippen molar-refractivity contribution in [2.45, 2.75) is 52.2 Å². The third-order valence-electron chi connectivity index (χ3n) is 2.31. The van der Waals surface area contributed by atoms with Gasteiger partial charge in [-0.2, -0.15) is 0 Å². The highest BCUT2D eigenvalue weighted by atomic mass is 16.5. The van der Waals surface area contributed by atoms with Crippen molar-refractivity contribution in [2.24, 2.45) is 0 Å². The lowest BCUT2D eigenvalue weighted by molar-refractivity contribution is 0.0997. The SMILES string of the molecule is CC#CCCC(CC(C)OC)NCC. The van der Waals surface area contributed by atoms with Crippen molar-refractivity contribution < 1.29 is 4.74 Å². The first kappa shape index (κ1) is 13.5. The molecule has 0 aliphatic rings. The maximum atomic E-state index is 5.26. The second kappa shape index (κ2) is 9.05. The number of hydrogen-bond acceptors (Lipinski definition) is 2. The van der Waals surface area contributed by atoms with E-state index >= 15 is 0 Å². The van der Waals surface area contributed by atoms with Gasteiger partial charge in [-0.25, -0.2) is 0 Å². The second-order valence-corrected chi connectivity index (χ2v) is 3.50. The van der Waals surface area contributed by atoms with Gasteiger partial charge in [0.1, 0.15) is 0 Å². The Balaban J connectivity index is 3.79. The molecule has 2 heteroatoms. The Morgan fingerprint density at radius 2 is 2.14 bits per heavy atom. The minimum atomic E-state index is 0.327. The summed E-state index contributed by atoms with van der Waals surface area (Å²) in [4.78, 5) is 0. The first-order valence-corrected chi connectivity index (χ1v) is 5.40. The van der Waals surface area contributed by atoms with Gasteiger partial charge in [-0.1, -0.05) is 6.92 Å².